The van der Waals surface area contributed by atoms with Gasteiger partial charge < -0.3 is 5.32 Å². The van der Waals surface area contributed by atoms with Gasteiger partial charge >= 0.3 is 0 Å². The minimum atomic E-state index is -3.16. The van der Waals surface area contributed by atoms with Crippen LogP contribution in [0.15, 0.2) is 18.5 Å². The third-order valence-electron chi connectivity index (χ3n) is 3.91. The summed E-state index contributed by atoms with van der Waals surface area (Å²) in [7, 11) is -3.16. The Morgan fingerprint density at radius 3 is 2.38 bits per heavy atom. The fourth-order valence-corrected chi connectivity index (χ4v) is 3.45. The van der Waals surface area contributed by atoms with E-state index in [0.29, 0.717) is 11.9 Å². The Hall–Kier alpha value is -1.21. The molecule has 6 nitrogen and oxygen atoms in total. The lowest BCUT2D eigenvalue weighted by molar-refractivity contribution is 0.323. The van der Waals surface area contributed by atoms with Crippen LogP contribution in [0.4, 0.5) is 5.95 Å². The molecule has 2 N–H and O–H groups in total. The zero-order valence-electron chi connectivity index (χ0n) is 12.6. The van der Waals surface area contributed by atoms with Crippen molar-refractivity contribution in [3.05, 3.63) is 18.5 Å². The molecule has 1 aliphatic carbocycles. The van der Waals surface area contributed by atoms with E-state index < -0.39 is 10.0 Å². The van der Waals surface area contributed by atoms with Crippen molar-refractivity contribution in [3.8, 4) is 0 Å². The van der Waals surface area contributed by atoms with E-state index in [9.17, 15) is 8.42 Å². The topological polar surface area (TPSA) is 84.0 Å². The van der Waals surface area contributed by atoms with E-state index in [2.05, 4.69) is 20.0 Å². The summed E-state index contributed by atoms with van der Waals surface area (Å²) in [5.41, 5.74) is 0. The molecule has 0 saturated heterocycles. The quantitative estimate of drug-likeness (QED) is 0.836. The first kappa shape index (κ1) is 16.2. The van der Waals surface area contributed by atoms with E-state index in [1.54, 1.807) is 32.3 Å². The van der Waals surface area contributed by atoms with Gasteiger partial charge in [-0.3, -0.25) is 0 Å². The van der Waals surface area contributed by atoms with Gasteiger partial charge in [0.25, 0.3) is 0 Å². The SMILES string of the molecule is CC(C)S(=O)(=O)NC1CCC(CNc2ncccn2)CC1. The molecule has 1 aliphatic rings. The largest absolute Gasteiger partial charge is 0.354 e. The summed E-state index contributed by atoms with van der Waals surface area (Å²) in [6, 6.07) is 1.87. The maximum absolute atomic E-state index is 11.9. The average Bonchev–Trinajstić information content (AvgIpc) is 2.47. The van der Waals surface area contributed by atoms with Crippen LogP contribution in [-0.2, 0) is 10.0 Å². The predicted octanol–water partition coefficient (Wildman–Crippen LogP) is 1.78. The monoisotopic (exact) mass is 312 g/mol. The standard InChI is InChI=1S/C14H24N4O2S/c1-11(2)21(19,20)18-13-6-4-12(5-7-13)10-17-14-15-8-3-9-16-14/h3,8-9,11-13,18H,4-7,10H2,1-2H3,(H,15,16,17). The summed E-state index contributed by atoms with van der Waals surface area (Å²) in [4.78, 5) is 8.26. The zero-order valence-corrected chi connectivity index (χ0v) is 13.4. The molecule has 0 aromatic carbocycles. The third kappa shape index (κ3) is 4.93. The molecule has 2 rings (SSSR count). The number of sulfonamides is 1. The Balaban J connectivity index is 1.74. The van der Waals surface area contributed by atoms with Crippen molar-refractivity contribution in [2.75, 3.05) is 11.9 Å². The van der Waals surface area contributed by atoms with Crippen molar-refractivity contribution in [3.63, 3.8) is 0 Å². The van der Waals surface area contributed by atoms with Crippen molar-refractivity contribution < 1.29 is 8.42 Å². The van der Waals surface area contributed by atoms with Crippen molar-refractivity contribution in [2.24, 2.45) is 5.92 Å². The number of anilines is 1. The molecule has 0 spiro atoms. The van der Waals surface area contributed by atoms with Crippen molar-refractivity contribution >= 4 is 16.0 Å². The van der Waals surface area contributed by atoms with Crippen LogP contribution < -0.4 is 10.0 Å². The summed E-state index contributed by atoms with van der Waals surface area (Å²) in [5.74, 6) is 1.20. The second-order valence-corrected chi connectivity index (χ2v) is 8.15. The van der Waals surface area contributed by atoms with Crippen LogP contribution in [0.25, 0.3) is 0 Å². The van der Waals surface area contributed by atoms with Crippen molar-refractivity contribution in [1.82, 2.24) is 14.7 Å². The highest BCUT2D eigenvalue weighted by Crippen LogP contribution is 2.25. The Kier molecular flexibility index (Phi) is 5.52. The van der Waals surface area contributed by atoms with E-state index in [1.165, 1.54) is 0 Å². The lowest BCUT2D eigenvalue weighted by Crippen LogP contribution is -2.41. The molecule has 1 saturated carbocycles. The van der Waals surface area contributed by atoms with Crippen LogP contribution in [0.2, 0.25) is 0 Å². The normalized spacial score (nSPS) is 23.2. The lowest BCUT2D eigenvalue weighted by Gasteiger charge is -2.29. The molecule has 1 fully saturated rings. The summed E-state index contributed by atoms with van der Waals surface area (Å²) in [5, 5.41) is 2.87. The van der Waals surface area contributed by atoms with Gasteiger partial charge in [0, 0.05) is 25.0 Å². The summed E-state index contributed by atoms with van der Waals surface area (Å²) >= 11 is 0. The second kappa shape index (κ2) is 7.17. The molecule has 0 bridgehead atoms. The van der Waals surface area contributed by atoms with Crippen molar-refractivity contribution in [2.45, 2.75) is 50.8 Å². The van der Waals surface area contributed by atoms with E-state index in [-0.39, 0.29) is 11.3 Å². The van der Waals surface area contributed by atoms with Crippen LogP contribution in [0.3, 0.4) is 0 Å². The van der Waals surface area contributed by atoms with Crippen LogP contribution in [0, 0.1) is 5.92 Å². The van der Waals surface area contributed by atoms with Crippen LogP contribution in [-0.4, -0.2) is 36.2 Å². The number of nitrogens with zero attached hydrogens (tertiary/aromatic N) is 2. The van der Waals surface area contributed by atoms with Crippen LogP contribution >= 0.6 is 0 Å². The molecule has 0 atom stereocenters. The van der Waals surface area contributed by atoms with E-state index >= 15 is 0 Å². The highest BCUT2D eigenvalue weighted by atomic mass is 32.2. The molecule has 1 aromatic heterocycles. The molecule has 0 radical (unpaired) electrons. The van der Waals surface area contributed by atoms with Crippen LogP contribution in [0.1, 0.15) is 39.5 Å². The minimum Gasteiger partial charge on any atom is -0.354 e. The summed E-state index contributed by atoms with van der Waals surface area (Å²) in [6.07, 6.45) is 7.26. The fourth-order valence-electron chi connectivity index (χ4n) is 2.48. The zero-order chi connectivity index (χ0) is 15.3. The maximum Gasteiger partial charge on any atom is 0.222 e. The highest BCUT2D eigenvalue weighted by molar-refractivity contribution is 7.90. The van der Waals surface area contributed by atoms with E-state index in [1.807, 2.05) is 0 Å². The fraction of sp³-hybridized carbons (Fsp3) is 0.714. The van der Waals surface area contributed by atoms with Gasteiger partial charge in [0.15, 0.2) is 0 Å². The van der Waals surface area contributed by atoms with Gasteiger partial charge in [-0.05, 0) is 51.5 Å². The van der Waals surface area contributed by atoms with Gasteiger partial charge in [-0.25, -0.2) is 23.1 Å². The highest BCUT2D eigenvalue weighted by Gasteiger charge is 2.26. The molecule has 1 aromatic rings. The van der Waals surface area contributed by atoms with Gasteiger partial charge in [0.2, 0.25) is 16.0 Å². The molecule has 0 aliphatic heterocycles. The third-order valence-corrected chi connectivity index (χ3v) is 5.82. The van der Waals surface area contributed by atoms with Gasteiger partial charge in [-0.1, -0.05) is 0 Å². The smallest absolute Gasteiger partial charge is 0.222 e. The molecule has 118 valence electrons. The lowest BCUT2D eigenvalue weighted by atomic mass is 9.86. The Morgan fingerprint density at radius 1 is 1.19 bits per heavy atom. The molecular weight excluding hydrogens is 288 g/mol. The van der Waals surface area contributed by atoms with E-state index in [4.69, 9.17) is 0 Å². The van der Waals surface area contributed by atoms with Gasteiger partial charge in [-0.15, -0.1) is 0 Å². The minimum absolute atomic E-state index is 0.0848. The Bertz CT molecular complexity index is 525. The first-order valence-corrected chi connectivity index (χ1v) is 9.04. The first-order chi connectivity index (χ1) is 9.97. The summed E-state index contributed by atoms with van der Waals surface area (Å²) in [6.45, 7) is 4.25. The molecule has 0 amide bonds. The molecule has 1 heterocycles. The molecule has 0 unspecified atom stereocenters. The Morgan fingerprint density at radius 2 is 1.81 bits per heavy atom. The number of hydrogen-bond donors (Lipinski definition) is 2. The predicted molar refractivity (Wildman–Crippen MR) is 83.5 cm³/mol. The molecule has 21 heavy (non-hydrogen) atoms. The Labute approximate surface area is 126 Å². The van der Waals surface area contributed by atoms with Gasteiger partial charge in [-0.2, -0.15) is 0 Å². The van der Waals surface area contributed by atoms with E-state index in [0.717, 1.165) is 32.2 Å². The van der Waals surface area contributed by atoms with Crippen molar-refractivity contribution in [1.29, 1.82) is 0 Å². The summed E-state index contributed by atoms with van der Waals surface area (Å²) < 4.78 is 26.5. The number of nitrogens with one attached hydrogen (secondary N) is 2. The number of hydrogen-bond acceptors (Lipinski definition) is 5. The molecular formula is C14H24N4O2S. The average molecular weight is 312 g/mol. The van der Waals surface area contributed by atoms with Gasteiger partial charge in [0.1, 0.15) is 0 Å². The maximum atomic E-state index is 11.9. The number of aromatic nitrogens is 2. The number of rotatable bonds is 6. The first-order valence-electron chi connectivity index (χ1n) is 7.49. The van der Waals surface area contributed by atoms with Crippen LogP contribution in [0.5, 0.6) is 0 Å². The van der Waals surface area contributed by atoms with Gasteiger partial charge in [0.05, 0.1) is 5.25 Å². The second-order valence-electron chi connectivity index (χ2n) is 5.88. The molecule has 7 heteroatoms.